The fourth-order valence-electron chi connectivity index (χ4n) is 2.25. The van der Waals surface area contributed by atoms with Gasteiger partial charge < -0.3 is 15.3 Å². The van der Waals surface area contributed by atoms with Crippen molar-refractivity contribution in [2.45, 2.75) is 25.9 Å². The summed E-state index contributed by atoms with van der Waals surface area (Å²) >= 11 is 0. The number of hydrogen-bond acceptors (Lipinski definition) is 4. The number of aliphatic carboxylic acids is 1. The van der Waals surface area contributed by atoms with Crippen molar-refractivity contribution in [2.24, 2.45) is 5.92 Å². The predicted molar refractivity (Wildman–Crippen MR) is 66.2 cm³/mol. The van der Waals surface area contributed by atoms with E-state index in [4.69, 9.17) is 5.11 Å². The molecule has 2 unspecified atom stereocenters. The smallest absolute Gasteiger partial charge is 0.317 e. The Morgan fingerprint density at radius 3 is 2.95 bits per heavy atom. The van der Waals surface area contributed by atoms with Crippen LogP contribution in [0.1, 0.15) is 19.0 Å². The Bertz CT molecular complexity index is 465. The summed E-state index contributed by atoms with van der Waals surface area (Å²) in [6.07, 6.45) is 2.06. The SMILES string of the molecule is CC1C(C(=O)O)CCN1C(=O)NCc1cccnn1. The van der Waals surface area contributed by atoms with Crippen LogP contribution in [-0.4, -0.2) is 44.8 Å². The van der Waals surface area contributed by atoms with Crippen molar-refractivity contribution in [1.82, 2.24) is 20.4 Å². The van der Waals surface area contributed by atoms with Crippen LogP contribution in [-0.2, 0) is 11.3 Å². The van der Waals surface area contributed by atoms with Crippen LogP contribution in [0.15, 0.2) is 18.3 Å². The third-order valence-electron chi connectivity index (χ3n) is 3.38. The van der Waals surface area contributed by atoms with Gasteiger partial charge >= 0.3 is 12.0 Å². The third-order valence-corrected chi connectivity index (χ3v) is 3.38. The summed E-state index contributed by atoms with van der Waals surface area (Å²) in [4.78, 5) is 24.5. The predicted octanol–water partition coefficient (Wildman–Crippen LogP) is 0.481. The first-order chi connectivity index (χ1) is 9.09. The summed E-state index contributed by atoms with van der Waals surface area (Å²) in [7, 11) is 0. The van der Waals surface area contributed by atoms with Gasteiger partial charge in [-0.2, -0.15) is 10.2 Å². The van der Waals surface area contributed by atoms with E-state index in [9.17, 15) is 9.59 Å². The average Bonchev–Trinajstić information content (AvgIpc) is 2.79. The number of carboxylic acids is 1. The lowest BCUT2D eigenvalue weighted by Gasteiger charge is -2.23. The second kappa shape index (κ2) is 5.64. The van der Waals surface area contributed by atoms with E-state index in [1.165, 1.54) is 0 Å². The number of carboxylic acid groups (broad SMARTS) is 1. The number of aromatic nitrogens is 2. The molecule has 2 heterocycles. The number of nitrogens with zero attached hydrogens (tertiary/aromatic N) is 3. The second-order valence-electron chi connectivity index (χ2n) is 4.54. The van der Waals surface area contributed by atoms with Gasteiger partial charge in [-0.1, -0.05) is 0 Å². The molecule has 2 amide bonds. The molecule has 2 atom stereocenters. The van der Waals surface area contributed by atoms with Crippen molar-refractivity contribution >= 4 is 12.0 Å². The molecule has 0 saturated carbocycles. The summed E-state index contributed by atoms with van der Waals surface area (Å²) in [5.41, 5.74) is 0.664. The molecule has 0 bridgehead atoms. The number of likely N-dealkylation sites (tertiary alicyclic amines) is 1. The molecule has 2 rings (SSSR count). The van der Waals surface area contributed by atoms with Crippen LogP contribution >= 0.6 is 0 Å². The average molecular weight is 264 g/mol. The highest BCUT2D eigenvalue weighted by Crippen LogP contribution is 2.24. The molecule has 7 heteroatoms. The molecule has 0 aromatic carbocycles. The molecule has 19 heavy (non-hydrogen) atoms. The minimum absolute atomic E-state index is 0.262. The molecule has 102 valence electrons. The Hall–Kier alpha value is -2.18. The Labute approximate surface area is 110 Å². The van der Waals surface area contributed by atoms with Gasteiger partial charge in [-0.25, -0.2) is 4.79 Å². The second-order valence-corrected chi connectivity index (χ2v) is 4.54. The number of amides is 2. The summed E-state index contributed by atoms with van der Waals surface area (Å²) in [5, 5.41) is 19.3. The van der Waals surface area contributed by atoms with E-state index in [2.05, 4.69) is 15.5 Å². The zero-order chi connectivity index (χ0) is 13.8. The van der Waals surface area contributed by atoms with Crippen molar-refractivity contribution in [2.75, 3.05) is 6.54 Å². The topological polar surface area (TPSA) is 95.4 Å². The minimum atomic E-state index is -0.850. The van der Waals surface area contributed by atoms with Crippen LogP contribution in [0.5, 0.6) is 0 Å². The number of hydrogen-bond donors (Lipinski definition) is 2. The van der Waals surface area contributed by atoms with E-state index < -0.39 is 11.9 Å². The normalized spacial score (nSPS) is 22.3. The van der Waals surface area contributed by atoms with E-state index in [1.807, 2.05) is 0 Å². The van der Waals surface area contributed by atoms with Crippen molar-refractivity contribution in [3.63, 3.8) is 0 Å². The van der Waals surface area contributed by atoms with Crippen molar-refractivity contribution in [1.29, 1.82) is 0 Å². The van der Waals surface area contributed by atoms with Crippen molar-refractivity contribution in [3.05, 3.63) is 24.0 Å². The molecule has 1 fully saturated rings. The first-order valence-corrected chi connectivity index (χ1v) is 6.13. The highest BCUT2D eigenvalue weighted by atomic mass is 16.4. The third kappa shape index (κ3) is 2.98. The molecule has 1 aliphatic rings. The lowest BCUT2D eigenvalue weighted by molar-refractivity contribution is -0.142. The van der Waals surface area contributed by atoms with Gasteiger partial charge in [-0.15, -0.1) is 0 Å². The van der Waals surface area contributed by atoms with Crippen LogP contribution in [0, 0.1) is 5.92 Å². The van der Waals surface area contributed by atoms with Gasteiger partial charge in [0.05, 0.1) is 18.2 Å². The van der Waals surface area contributed by atoms with Gasteiger partial charge in [-0.3, -0.25) is 4.79 Å². The molecular formula is C12H16N4O3. The van der Waals surface area contributed by atoms with E-state index in [0.29, 0.717) is 18.7 Å². The summed E-state index contributed by atoms with van der Waals surface area (Å²) in [6, 6.07) is 2.95. The highest BCUT2D eigenvalue weighted by Gasteiger charge is 2.37. The lowest BCUT2D eigenvalue weighted by atomic mass is 10.0. The zero-order valence-corrected chi connectivity index (χ0v) is 10.6. The van der Waals surface area contributed by atoms with Gasteiger partial charge in [0.15, 0.2) is 0 Å². The molecule has 1 saturated heterocycles. The highest BCUT2D eigenvalue weighted by molar-refractivity contribution is 5.78. The quantitative estimate of drug-likeness (QED) is 0.828. The monoisotopic (exact) mass is 264 g/mol. The first kappa shape index (κ1) is 13.3. The van der Waals surface area contributed by atoms with Gasteiger partial charge in [0.1, 0.15) is 0 Å². The van der Waals surface area contributed by atoms with Crippen LogP contribution in [0.3, 0.4) is 0 Å². The Morgan fingerprint density at radius 2 is 2.37 bits per heavy atom. The van der Waals surface area contributed by atoms with Crippen LogP contribution in [0.2, 0.25) is 0 Å². The minimum Gasteiger partial charge on any atom is -0.481 e. The Kier molecular flexibility index (Phi) is 3.94. The van der Waals surface area contributed by atoms with E-state index >= 15 is 0 Å². The van der Waals surface area contributed by atoms with Crippen molar-refractivity contribution in [3.8, 4) is 0 Å². The summed E-state index contributed by atoms with van der Waals surface area (Å²) in [6.45, 7) is 2.51. The maximum Gasteiger partial charge on any atom is 0.317 e. The standard InChI is InChI=1S/C12H16N4O3/c1-8-10(11(17)18)4-6-16(8)12(19)13-7-9-3-2-5-14-15-9/h2-3,5,8,10H,4,6-7H2,1H3,(H,13,19)(H,17,18). The molecule has 1 aromatic heterocycles. The maximum atomic E-state index is 12.0. The number of urea groups is 1. The van der Waals surface area contributed by atoms with E-state index in [1.54, 1.807) is 30.2 Å². The van der Waals surface area contributed by atoms with Crippen LogP contribution in [0.25, 0.3) is 0 Å². The van der Waals surface area contributed by atoms with Crippen LogP contribution < -0.4 is 5.32 Å². The molecule has 0 aliphatic carbocycles. The largest absolute Gasteiger partial charge is 0.481 e. The fraction of sp³-hybridized carbons (Fsp3) is 0.500. The maximum absolute atomic E-state index is 12.0. The van der Waals surface area contributed by atoms with Gasteiger partial charge in [0.2, 0.25) is 0 Å². The summed E-state index contributed by atoms with van der Waals surface area (Å²) in [5.74, 6) is -1.33. The Balaban J connectivity index is 1.89. The molecule has 0 spiro atoms. The molecular weight excluding hydrogens is 248 g/mol. The van der Waals surface area contributed by atoms with Gasteiger partial charge in [-0.05, 0) is 25.5 Å². The Morgan fingerprint density at radius 1 is 1.58 bits per heavy atom. The number of carbonyl (C=O) groups excluding carboxylic acids is 1. The van der Waals surface area contributed by atoms with Crippen molar-refractivity contribution < 1.29 is 14.7 Å². The number of rotatable bonds is 3. The fourth-order valence-corrected chi connectivity index (χ4v) is 2.25. The molecule has 0 radical (unpaired) electrons. The summed E-state index contributed by atoms with van der Waals surface area (Å²) < 4.78 is 0. The first-order valence-electron chi connectivity index (χ1n) is 6.13. The lowest BCUT2D eigenvalue weighted by Crippen LogP contribution is -2.43. The number of carbonyl (C=O) groups is 2. The molecule has 1 aromatic rings. The van der Waals surface area contributed by atoms with E-state index in [0.717, 1.165) is 0 Å². The zero-order valence-electron chi connectivity index (χ0n) is 10.6. The number of nitrogens with one attached hydrogen (secondary N) is 1. The van der Waals surface area contributed by atoms with Gasteiger partial charge in [0.25, 0.3) is 0 Å². The molecule has 7 nitrogen and oxygen atoms in total. The van der Waals surface area contributed by atoms with Crippen LogP contribution in [0.4, 0.5) is 4.79 Å². The molecule has 2 N–H and O–H groups in total. The molecule has 1 aliphatic heterocycles. The van der Waals surface area contributed by atoms with Gasteiger partial charge in [0, 0.05) is 18.8 Å². The van der Waals surface area contributed by atoms with E-state index in [-0.39, 0.29) is 18.6 Å².